The highest BCUT2D eigenvalue weighted by atomic mass is 16.5. The van der Waals surface area contributed by atoms with Crippen molar-refractivity contribution in [3.05, 3.63) is 70.8 Å². The maximum absolute atomic E-state index is 12.3. The van der Waals surface area contributed by atoms with Crippen LogP contribution in [0.4, 0.5) is 0 Å². The minimum absolute atomic E-state index is 0.135. The van der Waals surface area contributed by atoms with Gasteiger partial charge in [0, 0.05) is 5.56 Å². The van der Waals surface area contributed by atoms with Gasteiger partial charge in [0.1, 0.15) is 0 Å². The van der Waals surface area contributed by atoms with Gasteiger partial charge in [0.2, 0.25) is 0 Å². The Morgan fingerprint density at radius 1 is 1.14 bits per heavy atom. The van der Waals surface area contributed by atoms with Crippen molar-refractivity contribution in [2.75, 3.05) is 6.61 Å². The molecule has 0 fully saturated rings. The minimum atomic E-state index is -0.400. The van der Waals surface area contributed by atoms with Crippen molar-refractivity contribution in [2.45, 2.75) is 19.3 Å². The summed E-state index contributed by atoms with van der Waals surface area (Å²) in [6.07, 6.45) is 0. The van der Waals surface area contributed by atoms with Gasteiger partial charge in [-0.3, -0.25) is 4.79 Å². The molecule has 2 aromatic carbocycles. The number of benzene rings is 2. The molecule has 1 heterocycles. The van der Waals surface area contributed by atoms with Crippen LogP contribution < -0.4 is 5.32 Å². The molecule has 0 radical (unpaired) electrons. The normalized spacial score (nSPS) is 14.5. The molecule has 1 atom stereocenters. The fraction of sp³-hybridized carbons (Fsp3) is 0.235. The third kappa shape index (κ3) is 2.96. The molecule has 0 aromatic heterocycles. The van der Waals surface area contributed by atoms with Crippen LogP contribution in [-0.2, 0) is 18.0 Å². The van der Waals surface area contributed by atoms with Crippen molar-refractivity contribution in [2.24, 2.45) is 0 Å². The van der Waals surface area contributed by atoms with Gasteiger partial charge in [-0.1, -0.05) is 36.4 Å². The first-order chi connectivity index (χ1) is 10.3. The van der Waals surface area contributed by atoms with Gasteiger partial charge in [-0.2, -0.15) is 0 Å². The number of fused-ring (bicyclic) bond motifs is 1. The number of aliphatic hydroxyl groups is 1. The summed E-state index contributed by atoms with van der Waals surface area (Å²) in [6, 6.07) is 14.6. The number of carbonyl (C=O) groups is 1. The maximum Gasteiger partial charge on any atom is 0.251 e. The highest BCUT2D eigenvalue weighted by Crippen LogP contribution is 2.21. The second kappa shape index (κ2) is 6.08. The molecule has 1 aliphatic heterocycles. The Balaban J connectivity index is 1.76. The molecule has 0 saturated carbocycles. The number of hydrogen-bond acceptors (Lipinski definition) is 3. The van der Waals surface area contributed by atoms with Gasteiger partial charge in [-0.15, -0.1) is 0 Å². The average molecular weight is 283 g/mol. The van der Waals surface area contributed by atoms with Crippen molar-refractivity contribution in [3.8, 4) is 0 Å². The molecular weight excluding hydrogens is 266 g/mol. The van der Waals surface area contributed by atoms with Gasteiger partial charge < -0.3 is 15.2 Å². The molecule has 21 heavy (non-hydrogen) atoms. The van der Waals surface area contributed by atoms with Crippen molar-refractivity contribution in [1.29, 1.82) is 0 Å². The monoisotopic (exact) mass is 283 g/mol. The number of aliphatic hydroxyl groups excluding tert-OH is 1. The second-order valence-corrected chi connectivity index (χ2v) is 5.10. The number of amides is 1. The van der Waals surface area contributed by atoms with E-state index < -0.39 is 6.04 Å². The third-order valence-electron chi connectivity index (χ3n) is 3.67. The Labute approximate surface area is 123 Å². The molecule has 1 aliphatic rings. The fourth-order valence-corrected chi connectivity index (χ4v) is 2.47. The quantitative estimate of drug-likeness (QED) is 0.904. The summed E-state index contributed by atoms with van der Waals surface area (Å²) in [5, 5.41) is 12.4. The first kappa shape index (κ1) is 13.8. The molecule has 3 rings (SSSR count). The smallest absolute Gasteiger partial charge is 0.251 e. The number of nitrogens with one attached hydrogen (secondary N) is 1. The predicted molar refractivity (Wildman–Crippen MR) is 78.7 cm³/mol. The van der Waals surface area contributed by atoms with Crippen molar-refractivity contribution >= 4 is 5.91 Å². The SMILES string of the molecule is O=C(N[C@H](CO)c1ccccc1)c1ccc2c(c1)COC2. The van der Waals surface area contributed by atoms with Crippen molar-refractivity contribution in [3.63, 3.8) is 0 Å². The Morgan fingerprint density at radius 2 is 1.90 bits per heavy atom. The van der Waals surface area contributed by atoms with E-state index in [4.69, 9.17) is 4.74 Å². The topological polar surface area (TPSA) is 58.6 Å². The van der Waals surface area contributed by atoms with Gasteiger partial charge in [-0.05, 0) is 28.8 Å². The molecule has 4 heteroatoms. The highest BCUT2D eigenvalue weighted by molar-refractivity contribution is 5.94. The zero-order valence-electron chi connectivity index (χ0n) is 11.6. The summed E-state index contributed by atoms with van der Waals surface area (Å²) in [5.41, 5.74) is 3.67. The Hall–Kier alpha value is -2.17. The predicted octanol–water partition coefficient (Wildman–Crippen LogP) is 2.18. The van der Waals surface area contributed by atoms with Gasteiger partial charge >= 0.3 is 0 Å². The lowest BCUT2D eigenvalue weighted by atomic mass is 10.0. The Morgan fingerprint density at radius 3 is 2.67 bits per heavy atom. The Bertz CT molecular complexity index is 640. The number of carbonyl (C=O) groups excluding carboxylic acids is 1. The van der Waals surface area contributed by atoms with E-state index >= 15 is 0 Å². The second-order valence-electron chi connectivity index (χ2n) is 5.10. The van der Waals surface area contributed by atoms with Crippen LogP contribution in [0.3, 0.4) is 0 Å². The lowest BCUT2D eigenvalue weighted by Gasteiger charge is -2.17. The van der Waals surface area contributed by atoms with Gasteiger partial charge in [0.15, 0.2) is 0 Å². The van der Waals surface area contributed by atoms with E-state index in [9.17, 15) is 9.90 Å². The lowest BCUT2D eigenvalue weighted by Crippen LogP contribution is -2.30. The van der Waals surface area contributed by atoms with Crippen molar-refractivity contribution in [1.82, 2.24) is 5.32 Å². The molecule has 0 aliphatic carbocycles. The zero-order chi connectivity index (χ0) is 14.7. The van der Waals surface area contributed by atoms with Crippen LogP contribution in [0, 0.1) is 0 Å². The summed E-state index contributed by atoms with van der Waals surface area (Å²) in [7, 11) is 0. The molecule has 1 amide bonds. The van der Waals surface area contributed by atoms with Crippen LogP contribution in [0.2, 0.25) is 0 Å². The van der Waals surface area contributed by atoms with E-state index in [1.807, 2.05) is 42.5 Å². The van der Waals surface area contributed by atoms with Gasteiger partial charge in [0.25, 0.3) is 5.91 Å². The number of ether oxygens (including phenoxy) is 1. The molecule has 0 unspecified atom stereocenters. The average Bonchev–Trinajstić information content (AvgIpc) is 3.00. The summed E-state index contributed by atoms with van der Waals surface area (Å²) in [4.78, 5) is 12.3. The molecular formula is C17H17NO3. The van der Waals surface area contributed by atoms with Crippen LogP contribution in [0.15, 0.2) is 48.5 Å². The number of hydrogen-bond donors (Lipinski definition) is 2. The molecule has 0 spiro atoms. The van der Waals surface area contributed by atoms with Crippen LogP contribution in [-0.4, -0.2) is 17.6 Å². The molecule has 2 N–H and O–H groups in total. The van der Waals surface area contributed by atoms with E-state index in [1.165, 1.54) is 0 Å². The first-order valence-corrected chi connectivity index (χ1v) is 6.94. The summed E-state index contributed by atoms with van der Waals surface area (Å²) < 4.78 is 5.35. The highest BCUT2D eigenvalue weighted by Gasteiger charge is 2.17. The van der Waals surface area contributed by atoms with Crippen molar-refractivity contribution < 1.29 is 14.6 Å². The molecule has 4 nitrogen and oxygen atoms in total. The van der Waals surface area contributed by atoms with Gasteiger partial charge in [-0.25, -0.2) is 0 Å². The first-order valence-electron chi connectivity index (χ1n) is 6.94. The van der Waals surface area contributed by atoms with Gasteiger partial charge in [0.05, 0.1) is 25.9 Å². The van der Waals surface area contributed by atoms with Crippen LogP contribution in [0.5, 0.6) is 0 Å². The van der Waals surface area contributed by atoms with E-state index in [2.05, 4.69) is 5.32 Å². The zero-order valence-corrected chi connectivity index (χ0v) is 11.6. The van der Waals surface area contributed by atoms with Crippen LogP contribution in [0.1, 0.15) is 33.1 Å². The summed E-state index contributed by atoms with van der Waals surface area (Å²) in [6.45, 7) is 1.03. The summed E-state index contributed by atoms with van der Waals surface area (Å²) in [5.74, 6) is -0.187. The summed E-state index contributed by atoms with van der Waals surface area (Å²) >= 11 is 0. The molecule has 108 valence electrons. The maximum atomic E-state index is 12.3. The van der Waals surface area contributed by atoms with E-state index in [0.29, 0.717) is 18.8 Å². The van der Waals surface area contributed by atoms with E-state index in [0.717, 1.165) is 16.7 Å². The largest absolute Gasteiger partial charge is 0.394 e. The fourth-order valence-electron chi connectivity index (χ4n) is 2.47. The minimum Gasteiger partial charge on any atom is -0.394 e. The number of rotatable bonds is 4. The van der Waals surface area contributed by atoms with E-state index in [1.54, 1.807) is 6.07 Å². The molecule has 0 bridgehead atoms. The molecule has 0 saturated heterocycles. The van der Waals surface area contributed by atoms with Crippen LogP contribution >= 0.6 is 0 Å². The molecule has 2 aromatic rings. The van der Waals surface area contributed by atoms with E-state index in [-0.39, 0.29) is 12.5 Å². The van der Waals surface area contributed by atoms with Crippen LogP contribution in [0.25, 0.3) is 0 Å². The Kier molecular flexibility index (Phi) is 3.99. The lowest BCUT2D eigenvalue weighted by molar-refractivity contribution is 0.0916. The standard InChI is InChI=1S/C17H17NO3/c19-9-16(12-4-2-1-3-5-12)18-17(20)13-6-7-14-10-21-11-15(14)8-13/h1-8,16,19H,9-11H2,(H,18,20)/t16-/m1/s1. The third-order valence-corrected chi connectivity index (χ3v) is 3.67.